The molecule has 0 aliphatic carbocycles. The average molecular weight is 275 g/mol. The van der Waals surface area contributed by atoms with E-state index in [4.69, 9.17) is 10.5 Å². The van der Waals surface area contributed by atoms with Crippen molar-refractivity contribution in [2.75, 3.05) is 26.5 Å². The van der Waals surface area contributed by atoms with E-state index in [1.165, 1.54) is 0 Å². The number of pyridine rings is 1. The lowest BCUT2D eigenvalue weighted by atomic mass is 10.1. The summed E-state index contributed by atoms with van der Waals surface area (Å²) in [7, 11) is 3.59. The zero-order valence-electron chi connectivity index (χ0n) is 12.1. The molecule has 0 spiro atoms. The summed E-state index contributed by atoms with van der Waals surface area (Å²) >= 11 is 0. The second kappa shape index (κ2) is 6.07. The van der Waals surface area contributed by atoms with Gasteiger partial charge in [-0.1, -0.05) is 0 Å². The highest BCUT2D eigenvalue weighted by atomic mass is 16.5. The number of benzene rings is 1. The number of methoxy groups -OCH3 is 1. The maximum Gasteiger partial charge on any atom is 0.128 e. The van der Waals surface area contributed by atoms with Crippen LogP contribution >= 0.6 is 0 Å². The Balaban J connectivity index is 2.33. The summed E-state index contributed by atoms with van der Waals surface area (Å²) < 4.78 is 5.19. The smallest absolute Gasteiger partial charge is 0.128 e. The molecule has 2 rings (SSSR count). The number of aliphatic hydroxyl groups excluding tert-OH is 1. The summed E-state index contributed by atoms with van der Waals surface area (Å²) in [5.74, 6) is 1.28. The van der Waals surface area contributed by atoms with Gasteiger partial charge in [0.1, 0.15) is 11.6 Å². The van der Waals surface area contributed by atoms with E-state index < -0.39 is 0 Å². The minimum Gasteiger partial charge on any atom is -0.497 e. The van der Waals surface area contributed by atoms with Gasteiger partial charge in [0.2, 0.25) is 0 Å². The molecule has 0 saturated heterocycles. The summed E-state index contributed by atoms with van der Waals surface area (Å²) in [6, 6.07) is 7.87. The first-order valence-corrected chi connectivity index (χ1v) is 6.59. The molecule has 1 atom stereocenters. The molecule has 0 fully saturated rings. The number of ether oxygens (including phenoxy) is 1. The van der Waals surface area contributed by atoms with Crippen LogP contribution in [0.25, 0.3) is 10.9 Å². The van der Waals surface area contributed by atoms with E-state index in [1.54, 1.807) is 7.11 Å². The number of aliphatic hydroxyl groups is 1. The number of hydrogen-bond acceptors (Lipinski definition) is 5. The van der Waals surface area contributed by atoms with Crippen LogP contribution in [-0.4, -0.2) is 41.8 Å². The first kappa shape index (κ1) is 14.6. The van der Waals surface area contributed by atoms with Gasteiger partial charge in [-0.25, -0.2) is 4.98 Å². The Morgan fingerprint density at radius 2 is 2.15 bits per heavy atom. The SMILES string of the molecule is COc1ccc2cc(CN(C)C(C)CO)c(N)nc2c1. The van der Waals surface area contributed by atoms with E-state index in [1.807, 2.05) is 43.1 Å². The van der Waals surface area contributed by atoms with E-state index in [-0.39, 0.29) is 12.6 Å². The summed E-state index contributed by atoms with van der Waals surface area (Å²) in [5.41, 5.74) is 7.81. The first-order valence-electron chi connectivity index (χ1n) is 6.59. The number of likely N-dealkylation sites (N-methyl/N-ethyl adjacent to an activating group) is 1. The zero-order chi connectivity index (χ0) is 14.7. The normalized spacial score (nSPS) is 12.8. The fraction of sp³-hybridized carbons (Fsp3) is 0.400. The van der Waals surface area contributed by atoms with Crippen molar-refractivity contribution in [3.8, 4) is 5.75 Å². The van der Waals surface area contributed by atoms with Crippen LogP contribution in [0.3, 0.4) is 0 Å². The van der Waals surface area contributed by atoms with Crippen molar-refractivity contribution >= 4 is 16.7 Å². The van der Waals surface area contributed by atoms with Gasteiger partial charge in [0.05, 0.1) is 19.2 Å². The van der Waals surface area contributed by atoms with E-state index in [2.05, 4.69) is 4.98 Å². The predicted molar refractivity (Wildman–Crippen MR) is 80.7 cm³/mol. The highest BCUT2D eigenvalue weighted by molar-refractivity contribution is 5.82. The minimum absolute atomic E-state index is 0.0842. The molecule has 1 unspecified atom stereocenters. The largest absolute Gasteiger partial charge is 0.497 e. The fourth-order valence-electron chi connectivity index (χ4n) is 2.02. The third-order valence-corrected chi connectivity index (χ3v) is 3.57. The molecule has 0 bridgehead atoms. The summed E-state index contributed by atoms with van der Waals surface area (Å²) in [4.78, 5) is 6.48. The fourth-order valence-corrected chi connectivity index (χ4v) is 2.02. The van der Waals surface area contributed by atoms with Crippen molar-refractivity contribution in [3.63, 3.8) is 0 Å². The molecule has 0 saturated carbocycles. The molecular formula is C15H21N3O2. The zero-order valence-corrected chi connectivity index (χ0v) is 12.1. The number of anilines is 1. The van der Waals surface area contributed by atoms with E-state index in [0.29, 0.717) is 12.4 Å². The Hall–Kier alpha value is -1.85. The Bertz CT molecular complexity index is 601. The highest BCUT2D eigenvalue weighted by Crippen LogP contribution is 2.23. The minimum atomic E-state index is 0.0842. The average Bonchev–Trinajstić information content (AvgIpc) is 2.46. The standard InChI is InChI=1S/C15H21N3O2/c1-10(9-19)18(2)8-12-6-11-4-5-13(20-3)7-14(11)17-15(12)16/h4-7,10,19H,8-9H2,1-3H3,(H2,16,17). The van der Waals surface area contributed by atoms with Gasteiger partial charge in [0.15, 0.2) is 0 Å². The van der Waals surface area contributed by atoms with Crippen LogP contribution < -0.4 is 10.5 Å². The molecule has 5 nitrogen and oxygen atoms in total. The van der Waals surface area contributed by atoms with Gasteiger partial charge in [0.25, 0.3) is 0 Å². The molecule has 0 amide bonds. The van der Waals surface area contributed by atoms with Crippen LogP contribution in [0.15, 0.2) is 24.3 Å². The number of hydrogen-bond donors (Lipinski definition) is 2. The van der Waals surface area contributed by atoms with E-state index in [9.17, 15) is 5.11 Å². The molecule has 0 aliphatic rings. The van der Waals surface area contributed by atoms with Crippen molar-refractivity contribution in [1.29, 1.82) is 0 Å². The van der Waals surface area contributed by atoms with Gasteiger partial charge in [-0.05, 0) is 32.2 Å². The van der Waals surface area contributed by atoms with Crippen molar-refractivity contribution < 1.29 is 9.84 Å². The van der Waals surface area contributed by atoms with Crippen molar-refractivity contribution in [2.45, 2.75) is 19.5 Å². The van der Waals surface area contributed by atoms with Crippen LogP contribution in [0.4, 0.5) is 5.82 Å². The molecule has 20 heavy (non-hydrogen) atoms. The first-order chi connectivity index (χ1) is 9.55. The van der Waals surface area contributed by atoms with Crippen LogP contribution in [-0.2, 0) is 6.54 Å². The highest BCUT2D eigenvalue weighted by Gasteiger charge is 2.12. The predicted octanol–water partition coefficient (Wildman–Crippen LogP) is 1.64. The van der Waals surface area contributed by atoms with Gasteiger partial charge in [0, 0.05) is 29.6 Å². The molecule has 2 aromatic rings. The van der Waals surface area contributed by atoms with Crippen molar-refractivity contribution in [2.24, 2.45) is 0 Å². The van der Waals surface area contributed by atoms with E-state index >= 15 is 0 Å². The van der Waals surface area contributed by atoms with Gasteiger partial charge in [-0.2, -0.15) is 0 Å². The summed E-state index contributed by atoms with van der Waals surface area (Å²) in [6.45, 7) is 2.74. The van der Waals surface area contributed by atoms with Crippen LogP contribution in [0.1, 0.15) is 12.5 Å². The quantitative estimate of drug-likeness (QED) is 0.868. The maximum absolute atomic E-state index is 9.18. The molecule has 108 valence electrons. The number of nitrogen functional groups attached to an aromatic ring is 1. The lowest BCUT2D eigenvalue weighted by Crippen LogP contribution is -2.31. The number of nitrogens with two attached hydrogens (primary N) is 1. The van der Waals surface area contributed by atoms with Gasteiger partial charge in [-0.15, -0.1) is 0 Å². The number of nitrogens with zero attached hydrogens (tertiary/aromatic N) is 2. The van der Waals surface area contributed by atoms with Crippen LogP contribution in [0, 0.1) is 0 Å². The summed E-state index contributed by atoms with van der Waals surface area (Å²) in [5, 5.41) is 10.2. The van der Waals surface area contributed by atoms with Crippen LogP contribution in [0.2, 0.25) is 0 Å². The van der Waals surface area contributed by atoms with Gasteiger partial charge >= 0.3 is 0 Å². The maximum atomic E-state index is 9.18. The second-order valence-electron chi connectivity index (χ2n) is 5.04. The number of fused-ring (bicyclic) bond motifs is 1. The van der Waals surface area contributed by atoms with E-state index in [0.717, 1.165) is 22.2 Å². The Morgan fingerprint density at radius 1 is 1.40 bits per heavy atom. The molecule has 1 heterocycles. The van der Waals surface area contributed by atoms with Crippen molar-refractivity contribution in [1.82, 2.24) is 9.88 Å². The van der Waals surface area contributed by atoms with Crippen molar-refractivity contribution in [3.05, 3.63) is 29.8 Å². The second-order valence-corrected chi connectivity index (χ2v) is 5.04. The third-order valence-electron chi connectivity index (χ3n) is 3.57. The molecule has 1 aromatic carbocycles. The molecule has 0 aliphatic heterocycles. The van der Waals surface area contributed by atoms with Crippen LogP contribution in [0.5, 0.6) is 5.75 Å². The van der Waals surface area contributed by atoms with Gasteiger partial charge in [-0.3, -0.25) is 4.90 Å². The molecule has 5 heteroatoms. The Labute approximate surface area is 119 Å². The lowest BCUT2D eigenvalue weighted by Gasteiger charge is -2.23. The summed E-state index contributed by atoms with van der Waals surface area (Å²) in [6.07, 6.45) is 0. The molecule has 3 N–H and O–H groups in total. The number of aromatic nitrogens is 1. The number of rotatable bonds is 5. The lowest BCUT2D eigenvalue weighted by molar-refractivity contribution is 0.154. The monoisotopic (exact) mass is 275 g/mol. The molecular weight excluding hydrogens is 254 g/mol. The Morgan fingerprint density at radius 3 is 2.80 bits per heavy atom. The van der Waals surface area contributed by atoms with Gasteiger partial charge < -0.3 is 15.6 Å². The molecule has 1 aromatic heterocycles. The Kier molecular flexibility index (Phi) is 4.42. The third kappa shape index (κ3) is 3.00. The molecule has 0 radical (unpaired) electrons. The topological polar surface area (TPSA) is 71.6 Å².